The van der Waals surface area contributed by atoms with Crippen LogP contribution in [0.2, 0.25) is 0 Å². The second-order valence-electron chi connectivity index (χ2n) is 5.03. The Hall–Kier alpha value is -1.74. The van der Waals surface area contributed by atoms with Gasteiger partial charge in [0, 0.05) is 6.42 Å². The van der Waals surface area contributed by atoms with E-state index in [0.29, 0.717) is 5.56 Å². The van der Waals surface area contributed by atoms with Gasteiger partial charge in [-0.25, -0.2) is 8.78 Å². The van der Waals surface area contributed by atoms with Gasteiger partial charge in [-0.1, -0.05) is 42.0 Å². The van der Waals surface area contributed by atoms with Crippen molar-refractivity contribution >= 4 is 0 Å². The van der Waals surface area contributed by atoms with E-state index < -0.39 is 17.2 Å². The molecule has 1 N–H and O–H groups in total. The highest BCUT2D eigenvalue weighted by Crippen LogP contribution is 2.27. The first-order chi connectivity index (χ1) is 8.90. The summed E-state index contributed by atoms with van der Waals surface area (Å²) in [5.74, 6) is -1.79. The third-order valence-corrected chi connectivity index (χ3v) is 3.24. The summed E-state index contributed by atoms with van der Waals surface area (Å²) in [6, 6.07) is 11.4. The smallest absolute Gasteiger partial charge is 0.162 e. The fraction of sp³-hybridized carbons (Fsp3) is 0.250. The van der Waals surface area contributed by atoms with Crippen LogP contribution in [-0.2, 0) is 12.0 Å². The molecule has 19 heavy (non-hydrogen) atoms. The standard InChI is InChI=1S/C16H16F2O/c1-11-6-8-13(9-7-11)16(2,19)10-12-4-3-5-14(17)15(12)18/h3-9,19H,10H2,1-2H3. The summed E-state index contributed by atoms with van der Waals surface area (Å²) in [7, 11) is 0. The number of aryl methyl sites for hydroxylation is 1. The summed E-state index contributed by atoms with van der Waals surface area (Å²) in [5, 5.41) is 10.5. The normalized spacial score (nSPS) is 14.2. The molecule has 0 amide bonds. The first-order valence-corrected chi connectivity index (χ1v) is 6.12. The van der Waals surface area contributed by atoms with Crippen LogP contribution in [-0.4, -0.2) is 5.11 Å². The van der Waals surface area contributed by atoms with Crippen LogP contribution in [0, 0.1) is 18.6 Å². The molecular formula is C16H16F2O. The molecule has 0 bridgehead atoms. The van der Waals surface area contributed by atoms with E-state index >= 15 is 0 Å². The molecule has 2 rings (SSSR count). The molecule has 0 aliphatic rings. The molecule has 0 aromatic heterocycles. The van der Waals surface area contributed by atoms with E-state index in [1.807, 2.05) is 19.1 Å². The summed E-state index contributed by atoms with van der Waals surface area (Å²) in [4.78, 5) is 0. The van der Waals surface area contributed by atoms with Gasteiger partial charge in [-0.3, -0.25) is 0 Å². The van der Waals surface area contributed by atoms with Crippen LogP contribution in [0.15, 0.2) is 42.5 Å². The van der Waals surface area contributed by atoms with Crippen LogP contribution < -0.4 is 0 Å². The SMILES string of the molecule is Cc1ccc(C(C)(O)Cc2cccc(F)c2F)cc1. The van der Waals surface area contributed by atoms with Gasteiger partial charge in [-0.15, -0.1) is 0 Å². The third kappa shape index (κ3) is 2.99. The molecule has 1 unspecified atom stereocenters. The van der Waals surface area contributed by atoms with Gasteiger partial charge in [0.2, 0.25) is 0 Å². The van der Waals surface area contributed by atoms with Crippen molar-refractivity contribution in [3.8, 4) is 0 Å². The molecule has 0 radical (unpaired) electrons. The summed E-state index contributed by atoms with van der Waals surface area (Å²) < 4.78 is 26.8. The van der Waals surface area contributed by atoms with Crippen molar-refractivity contribution in [1.82, 2.24) is 0 Å². The topological polar surface area (TPSA) is 20.2 Å². The molecule has 0 fully saturated rings. The van der Waals surface area contributed by atoms with Gasteiger partial charge < -0.3 is 5.11 Å². The second kappa shape index (κ2) is 5.10. The van der Waals surface area contributed by atoms with E-state index in [4.69, 9.17) is 0 Å². The molecule has 0 aliphatic carbocycles. The number of rotatable bonds is 3. The fourth-order valence-electron chi connectivity index (χ4n) is 2.07. The Morgan fingerprint density at radius 3 is 2.32 bits per heavy atom. The van der Waals surface area contributed by atoms with Gasteiger partial charge in [0.1, 0.15) is 0 Å². The van der Waals surface area contributed by atoms with Crippen molar-refractivity contribution in [2.45, 2.75) is 25.9 Å². The number of halogens is 2. The molecule has 100 valence electrons. The molecule has 1 atom stereocenters. The molecule has 0 heterocycles. The Kier molecular flexibility index (Phi) is 3.67. The average Bonchev–Trinajstić information content (AvgIpc) is 2.35. The Morgan fingerprint density at radius 1 is 1.05 bits per heavy atom. The molecule has 0 spiro atoms. The van der Waals surface area contributed by atoms with Gasteiger partial charge in [-0.05, 0) is 31.0 Å². The monoisotopic (exact) mass is 262 g/mol. The highest BCUT2D eigenvalue weighted by atomic mass is 19.2. The van der Waals surface area contributed by atoms with E-state index in [1.165, 1.54) is 12.1 Å². The molecular weight excluding hydrogens is 246 g/mol. The number of hydrogen-bond acceptors (Lipinski definition) is 1. The Bertz CT molecular complexity index is 574. The van der Waals surface area contributed by atoms with Crippen molar-refractivity contribution < 1.29 is 13.9 Å². The summed E-state index contributed by atoms with van der Waals surface area (Å²) in [6.45, 7) is 3.55. The molecule has 0 saturated heterocycles. The highest BCUT2D eigenvalue weighted by Gasteiger charge is 2.25. The minimum Gasteiger partial charge on any atom is -0.385 e. The van der Waals surface area contributed by atoms with Crippen LogP contribution in [0.4, 0.5) is 8.78 Å². The number of aliphatic hydroxyl groups is 1. The van der Waals surface area contributed by atoms with E-state index in [-0.39, 0.29) is 12.0 Å². The lowest BCUT2D eigenvalue weighted by molar-refractivity contribution is 0.0565. The maximum Gasteiger partial charge on any atom is 0.162 e. The predicted octanol–water partition coefficient (Wildman–Crippen LogP) is 3.72. The van der Waals surface area contributed by atoms with E-state index in [1.54, 1.807) is 19.1 Å². The van der Waals surface area contributed by atoms with Crippen LogP contribution in [0.5, 0.6) is 0 Å². The van der Waals surface area contributed by atoms with Crippen LogP contribution in [0.1, 0.15) is 23.6 Å². The number of hydrogen-bond donors (Lipinski definition) is 1. The molecule has 3 heteroatoms. The first kappa shape index (κ1) is 13.7. The minimum atomic E-state index is -1.23. The molecule has 0 saturated carbocycles. The highest BCUT2D eigenvalue weighted by molar-refractivity contribution is 5.29. The van der Waals surface area contributed by atoms with Gasteiger partial charge in [-0.2, -0.15) is 0 Å². The quantitative estimate of drug-likeness (QED) is 0.893. The Morgan fingerprint density at radius 2 is 1.68 bits per heavy atom. The maximum absolute atomic E-state index is 13.6. The lowest BCUT2D eigenvalue weighted by atomic mass is 9.88. The fourth-order valence-corrected chi connectivity index (χ4v) is 2.07. The van der Waals surface area contributed by atoms with Gasteiger partial charge in [0.25, 0.3) is 0 Å². The second-order valence-corrected chi connectivity index (χ2v) is 5.03. The Balaban J connectivity index is 2.30. The first-order valence-electron chi connectivity index (χ1n) is 6.12. The van der Waals surface area contributed by atoms with Crippen molar-refractivity contribution in [2.75, 3.05) is 0 Å². The van der Waals surface area contributed by atoms with Crippen LogP contribution in [0.25, 0.3) is 0 Å². The van der Waals surface area contributed by atoms with Crippen molar-refractivity contribution in [3.05, 3.63) is 70.8 Å². The van der Waals surface area contributed by atoms with Gasteiger partial charge in [0.05, 0.1) is 5.60 Å². The summed E-state index contributed by atoms with van der Waals surface area (Å²) in [6.07, 6.45) is 0.0274. The number of benzene rings is 2. The van der Waals surface area contributed by atoms with Crippen LogP contribution in [0.3, 0.4) is 0 Å². The average molecular weight is 262 g/mol. The summed E-state index contributed by atoms with van der Waals surface area (Å²) in [5.41, 5.74) is 0.700. The van der Waals surface area contributed by atoms with E-state index in [2.05, 4.69) is 0 Å². The lowest BCUT2D eigenvalue weighted by Gasteiger charge is -2.24. The predicted molar refractivity (Wildman–Crippen MR) is 70.8 cm³/mol. The van der Waals surface area contributed by atoms with E-state index in [9.17, 15) is 13.9 Å². The third-order valence-electron chi connectivity index (χ3n) is 3.24. The zero-order valence-corrected chi connectivity index (χ0v) is 11.0. The largest absolute Gasteiger partial charge is 0.385 e. The van der Waals surface area contributed by atoms with E-state index in [0.717, 1.165) is 11.6 Å². The molecule has 1 nitrogen and oxygen atoms in total. The molecule has 2 aromatic rings. The maximum atomic E-state index is 13.6. The summed E-state index contributed by atoms with van der Waals surface area (Å²) >= 11 is 0. The van der Waals surface area contributed by atoms with Gasteiger partial charge >= 0.3 is 0 Å². The molecule has 2 aromatic carbocycles. The van der Waals surface area contributed by atoms with Gasteiger partial charge in [0.15, 0.2) is 11.6 Å². The van der Waals surface area contributed by atoms with Crippen molar-refractivity contribution in [3.63, 3.8) is 0 Å². The lowest BCUT2D eigenvalue weighted by Crippen LogP contribution is -2.25. The van der Waals surface area contributed by atoms with Crippen LogP contribution >= 0.6 is 0 Å². The minimum absolute atomic E-state index is 0.0274. The zero-order valence-electron chi connectivity index (χ0n) is 11.0. The molecule has 0 aliphatic heterocycles. The van der Waals surface area contributed by atoms with Crippen molar-refractivity contribution in [1.29, 1.82) is 0 Å². The van der Waals surface area contributed by atoms with Crippen molar-refractivity contribution in [2.24, 2.45) is 0 Å². The zero-order chi connectivity index (χ0) is 14.0. The Labute approximate surface area is 111 Å².